The second-order valence-corrected chi connectivity index (χ2v) is 11.0. The topological polar surface area (TPSA) is 148 Å². The van der Waals surface area contributed by atoms with E-state index in [2.05, 4.69) is 10.6 Å². The standard InChI is InChI=1S/C33H26N4O7S/c1-44-25-15-13-24(14-16-25)36-30(38)20-29(33(36)41)45-26-17-11-23(12-18-26)34-32(40)27(35-31(39)21-7-3-2-4-8-21)19-22-9-5-6-10-28(22)37(42)43/h2-19,29H,20H2,1H3,(H,34,40)(H,35,39)/b27-19+. The highest BCUT2D eigenvalue weighted by atomic mass is 32.2. The minimum Gasteiger partial charge on any atom is -0.497 e. The molecule has 1 atom stereocenters. The fourth-order valence-electron chi connectivity index (χ4n) is 4.55. The molecule has 1 aliphatic heterocycles. The highest BCUT2D eigenvalue weighted by Gasteiger charge is 2.40. The van der Waals surface area contributed by atoms with Gasteiger partial charge < -0.3 is 15.4 Å². The fourth-order valence-corrected chi connectivity index (χ4v) is 5.61. The van der Waals surface area contributed by atoms with Crippen molar-refractivity contribution in [1.82, 2.24) is 5.32 Å². The average Bonchev–Trinajstić information content (AvgIpc) is 3.33. The van der Waals surface area contributed by atoms with Crippen LogP contribution in [0.4, 0.5) is 17.1 Å². The summed E-state index contributed by atoms with van der Waals surface area (Å²) in [6.45, 7) is 0. The number of nitro groups is 1. The molecule has 0 spiro atoms. The number of rotatable bonds is 10. The van der Waals surface area contributed by atoms with Crippen LogP contribution in [0.5, 0.6) is 5.75 Å². The van der Waals surface area contributed by atoms with Crippen LogP contribution in [0.15, 0.2) is 114 Å². The predicted molar refractivity (Wildman–Crippen MR) is 170 cm³/mol. The second kappa shape index (κ2) is 13.7. The molecule has 4 aromatic carbocycles. The zero-order valence-electron chi connectivity index (χ0n) is 23.8. The molecule has 45 heavy (non-hydrogen) atoms. The Balaban J connectivity index is 1.30. The highest BCUT2D eigenvalue weighted by molar-refractivity contribution is 8.00. The van der Waals surface area contributed by atoms with E-state index in [4.69, 9.17) is 4.74 Å². The van der Waals surface area contributed by atoms with Crippen molar-refractivity contribution in [3.05, 3.63) is 130 Å². The van der Waals surface area contributed by atoms with Crippen molar-refractivity contribution < 1.29 is 28.8 Å². The van der Waals surface area contributed by atoms with Gasteiger partial charge in [-0.15, -0.1) is 11.8 Å². The van der Waals surface area contributed by atoms with Crippen LogP contribution in [0.1, 0.15) is 22.3 Å². The van der Waals surface area contributed by atoms with Crippen LogP contribution in [0.3, 0.4) is 0 Å². The number of hydrogen-bond acceptors (Lipinski definition) is 8. The summed E-state index contributed by atoms with van der Waals surface area (Å²) in [7, 11) is 1.53. The molecule has 12 heteroatoms. The van der Waals surface area contributed by atoms with E-state index in [0.29, 0.717) is 27.6 Å². The molecule has 1 heterocycles. The van der Waals surface area contributed by atoms with Gasteiger partial charge in [0.05, 0.1) is 28.5 Å². The van der Waals surface area contributed by atoms with E-state index in [1.165, 1.54) is 48.0 Å². The van der Waals surface area contributed by atoms with Gasteiger partial charge in [-0.25, -0.2) is 4.90 Å². The van der Waals surface area contributed by atoms with Gasteiger partial charge in [-0.3, -0.25) is 29.3 Å². The van der Waals surface area contributed by atoms with Crippen LogP contribution < -0.4 is 20.3 Å². The van der Waals surface area contributed by atoms with E-state index in [-0.39, 0.29) is 35.2 Å². The third-order valence-electron chi connectivity index (χ3n) is 6.79. The lowest BCUT2D eigenvalue weighted by Gasteiger charge is -2.15. The van der Waals surface area contributed by atoms with E-state index in [1.807, 2.05) is 0 Å². The van der Waals surface area contributed by atoms with Gasteiger partial charge in [0.2, 0.25) is 11.8 Å². The molecule has 1 aliphatic rings. The van der Waals surface area contributed by atoms with Crippen molar-refractivity contribution in [2.75, 3.05) is 17.3 Å². The monoisotopic (exact) mass is 622 g/mol. The molecule has 0 aliphatic carbocycles. The Kier molecular flexibility index (Phi) is 9.34. The molecule has 11 nitrogen and oxygen atoms in total. The van der Waals surface area contributed by atoms with Gasteiger partial charge in [-0.2, -0.15) is 0 Å². The summed E-state index contributed by atoms with van der Waals surface area (Å²) >= 11 is 1.23. The lowest BCUT2D eigenvalue weighted by molar-refractivity contribution is -0.385. The van der Waals surface area contributed by atoms with Gasteiger partial charge in [0, 0.05) is 28.6 Å². The van der Waals surface area contributed by atoms with Crippen molar-refractivity contribution in [2.45, 2.75) is 16.6 Å². The molecular formula is C33H26N4O7S. The average molecular weight is 623 g/mol. The summed E-state index contributed by atoms with van der Waals surface area (Å²) in [5.41, 5.74) is 0.836. The number of anilines is 2. The molecule has 4 aromatic rings. The Bertz CT molecular complexity index is 1790. The van der Waals surface area contributed by atoms with E-state index in [0.717, 1.165) is 0 Å². The number of thioether (sulfide) groups is 1. The van der Waals surface area contributed by atoms with E-state index in [1.54, 1.807) is 84.9 Å². The van der Waals surface area contributed by atoms with Crippen molar-refractivity contribution in [1.29, 1.82) is 0 Å². The Labute approximate surface area is 262 Å². The zero-order valence-corrected chi connectivity index (χ0v) is 24.7. The maximum absolute atomic E-state index is 13.4. The molecule has 5 rings (SSSR count). The number of amides is 4. The molecular weight excluding hydrogens is 596 g/mol. The quantitative estimate of drug-likeness (QED) is 0.103. The lowest BCUT2D eigenvalue weighted by Crippen LogP contribution is -2.31. The van der Waals surface area contributed by atoms with Gasteiger partial charge in [-0.1, -0.05) is 30.3 Å². The number of nitro benzene ring substituents is 1. The minimum atomic E-state index is -0.704. The Hall–Kier alpha value is -5.75. The fraction of sp³-hybridized carbons (Fsp3) is 0.0909. The second-order valence-electron chi connectivity index (χ2n) is 9.75. The number of hydrogen-bond donors (Lipinski definition) is 2. The molecule has 0 radical (unpaired) electrons. The van der Waals surface area contributed by atoms with Crippen LogP contribution in [-0.4, -0.2) is 40.9 Å². The summed E-state index contributed by atoms with van der Waals surface area (Å²) in [6.07, 6.45) is 1.28. The summed E-state index contributed by atoms with van der Waals surface area (Å²) in [5, 5.41) is 16.2. The van der Waals surface area contributed by atoms with Crippen molar-refractivity contribution in [3.8, 4) is 5.75 Å². The van der Waals surface area contributed by atoms with Crippen molar-refractivity contribution in [3.63, 3.8) is 0 Å². The number of ether oxygens (including phenoxy) is 1. The van der Waals surface area contributed by atoms with Crippen molar-refractivity contribution in [2.24, 2.45) is 0 Å². The van der Waals surface area contributed by atoms with Crippen LogP contribution in [0.2, 0.25) is 0 Å². The number of nitrogens with zero attached hydrogens (tertiary/aromatic N) is 2. The molecule has 0 aromatic heterocycles. The Morgan fingerprint density at radius 1 is 0.933 bits per heavy atom. The molecule has 0 bridgehead atoms. The number of benzene rings is 4. The molecule has 2 N–H and O–H groups in total. The van der Waals surface area contributed by atoms with Crippen molar-refractivity contribution >= 4 is 58.5 Å². The number of nitrogens with one attached hydrogen (secondary N) is 2. The highest BCUT2D eigenvalue weighted by Crippen LogP contribution is 2.35. The van der Waals surface area contributed by atoms with Gasteiger partial charge in [0.25, 0.3) is 17.5 Å². The first-order valence-corrected chi connectivity index (χ1v) is 14.5. The third-order valence-corrected chi connectivity index (χ3v) is 7.99. The zero-order chi connectivity index (χ0) is 31.9. The van der Waals surface area contributed by atoms with Crippen LogP contribution in [0.25, 0.3) is 6.08 Å². The molecule has 0 saturated carbocycles. The number of carbonyl (C=O) groups excluding carboxylic acids is 4. The number of carbonyl (C=O) groups is 4. The maximum atomic E-state index is 13.4. The summed E-state index contributed by atoms with van der Waals surface area (Å²) < 4.78 is 5.14. The normalized spacial score (nSPS) is 14.6. The Morgan fingerprint density at radius 3 is 2.27 bits per heavy atom. The maximum Gasteiger partial charge on any atom is 0.276 e. The number of imide groups is 1. The summed E-state index contributed by atoms with van der Waals surface area (Å²) in [5.74, 6) is -1.29. The number of para-hydroxylation sites is 1. The molecule has 226 valence electrons. The van der Waals surface area contributed by atoms with Gasteiger partial charge >= 0.3 is 0 Å². The molecule has 1 fully saturated rings. The SMILES string of the molecule is COc1ccc(N2C(=O)CC(Sc3ccc(NC(=O)/C(=C\c4ccccc4[N+](=O)[O-])NC(=O)c4ccccc4)cc3)C2=O)cc1. The van der Waals surface area contributed by atoms with Crippen LogP contribution >= 0.6 is 11.8 Å². The van der Waals surface area contributed by atoms with Gasteiger partial charge in [-0.05, 0) is 72.8 Å². The summed E-state index contributed by atoms with van der Waals surface area (Å²) in [6, 6.07) is 27.4. The molecule has 1 saturated heterocycles. The smallest absolute Gasteiger partial charge is 0.276 e. The van der Waals surface area contributed by atoms with Gasteiger partial charge in [0.15, 0.2) is 0 Å². The number of methoxy groups -OCH3 is 1. The first-order valence-electron chi connectivity index (χ1n) is 13.6. The molecule has 1 unspecified atom stereocenters. The minimum absolute atomic E-state index is 0.0366. The Morgan fingerprint density at radius 2 is 1.60 bits per heavy atom. The van der Waals surface area contributed by atoms with Crippen LogP contribution in [0, 0.1) is 10.1 Å². The molecule has 4 amide bonds. The lowest BCUT2D eigenvalue weighted by atomic mass is 10.1. The predicted octanol–water partition coefficient (Wildman–Crippen LogP) is 5.44. The van der Waals surface area contributed by atoms with E-state index < -0.39 is 22.0 Å². The summed E-state index contributed by atoms with van der Waals surface area (Å²) in [4.78, 5) is 64.9. The van der Waals surface area contributed by atoms with E-state index in [9.17, 15) is 29.3 Å². The first-order chi connectivity index (χ1) is 21.7. The first kappa shape index (κ1) is 30.7. The van der Waals surface area contributed by atoms with Crippen LogP contribution in [-0.2, 0) is 14.4 Å². The largest absolute Gasteiger partial charge is 0.497 e. The van der Waals surface area contributed by atoms with E-state index >= 15 is 0 Å². The van der Waals surface area contributed by atoms with Gasteiger partial charge in [0.1, 0.15) is 11.4 Å². The third kappa shape index (κ3) is 7.25.